The van der Waals surface area contributed by atoms with Crippen molar-refractivity contribution in [1.82, 2.24) is 4.98 Å². The third-order valence-electron chi connectivity index (χ3n) is 12.0. The van der Waals surface area contributed by atoms with E-state index in [0.29, 0.717) is 0 Å². The summed E-state index contributed by atoms with van der Waals surface area (Å²) in [5.74, 6) is 0.210. The maximum Gasteiger partial charge on any atom is 0.126 e. The molecule has 1 aliphatic carbocycles. The fourth-order valence-corrected chi connectivity index (χ4v) is 9.30. The van der Waals surface area contributed by atoms with Gasteiger partial charge in [-0.15, -0.1) is 0 Å². The Hall–Kier alpha value is -6.91. The van der Waals surface area contributed by atoms with Gasteiger partial charge in [-0.2, -0.15) is 0 Å². The van der Waals surface area contributed by atoms with Crippen molar-refractivity contribution < 1.29 is 0 Å². The first-order chi connectivity index (χ1) is 27.7. The van der Waals surface area contributed by atoms with Gasteiger partial charge < -0.3 is 15.1 Å². The average Bonchev–Trinajstić information content (AvgIpc) is 3.81. The van der Waals surface area contributed by atoms with Gasteiger partial charge in [0.25, 0.3) is 0 Å². The summed E-state index contributed by atoms with van der Waals surface area (Å²) in [4.78, 5) is 10.3. The van der Waals surface area contributed by atoms with Gasteiger partial charge in [0.15, 0.2) is 0 Å². The van der Waals surface area contributed by atoms with E-state index in [2.05, 4.69) is 210 Å². The Morgan fingerprint density at radius 2 is 1.18 bits per heavy atom. The molecule has 0 fully saturated rings. The lowest BCUT2D eigenvalue weighted by molar-refractivity contribution is 0.735. The van der Waals surface area contributed by atoms with Gasteiger partial charge in [-0.3, -0.25) is 0 Å². The summed E-state index contributed by atoms with van der Waals surface area (Å²) in [6, 6.07) is 63.9. The molecular formula is C52H40N4. The third kappa shape index (κ3) is 5.25. The van der Waals surface area contributed by atoms with E-state index >= 15 is 0 Å². The summed E-state index contributed by atoms with van der Waals surface area (Å²) in [6.45, 7) is 3.16. The van der Waals surface area contributed by atoms with Crippen LogP contribution in [0.1, 0.15) is 30.1 Å². The molecule has 3 heterocycles. The molecule has 0 amide bonds. The van der Waals surface area contributed by atoms with Gasteiger partial charge in [0.1, 0.15) is 6.17 Å². The lowest BCUT2D eigenvalue weighted by Crippen LogP contribution is -2.40. The molecule has 4 heteroatoms. The molecule has 3 unspecified atom stereocenters. The highest BCUT2D eigenvalue weighted by atomic mass is 15.3. The Kier molecular flexibility index (Phi) is 7.63. The zero-order valence-electron chi connectivity index (χ0n) is 31.2. The summed E-state index contributed by atoms with van der Waals surface area (Å²) >= 11 is 0. The molecule has 0 radical (unpaired) electrons. The predicted octanol–water partition coefficient (Wildman–Crippen LogP) is 11.1. The number of nitrogens with zero attached hydrogens (tertiary/aromatic N) is 3. The number of fused-ring (bicyclic) bond motifs is 7. The highest BCUT2D eigenvalue weighted by Crippen LogP contribution is 2.47. The third-order valence-corrected chi connectivity index (χ3v) is 12.0. The van der Waals surface area contributed by atoms with Crippen LogP contribution in [0.5, 0.6) is 0 Å². The Morgan fingerprint density at radius 3 is 1.93 bits per heavy atom. The molecule has 56 heavy (non-hydrogen) atoms. The topological polar surface area (TPSA) is 31.4 Å². The molecule has 268 valence electrons. The number of nitrogens with one attached hydrogen (secondary N) is 1. The maximum absolute atomic E-state index is 5.38. The van der Waals surface area contributed by atoms with E-state index in [4.69, 9.17) is 4.98 Å². The molecule has 3 atom stereocenters. The van der Waals surface area contributed by atoms with Crippen molar-refractivity contribution in [2.45, 2.75) is 25.0 Å². The van der Waals surface area contributed by atoms with Crippen molar-refractivity contribution in [2.75, 3.05) is 21.7 Å². The maximum atomic E-state index is 5.38. The van der Waals surface area contributed by atoms with E-state index in [0.717, 1.165) is 23.3 Å². The Balaban J connectivity index is 0.977. The molecule has 4 nitrogen and oxygen atoms in total. The lowest BCUT2D eigenvalue weighted by atomic mass is 9.87. The average molecular weight is 721 g/mol. The van der Waals surface area contributed by atoms with Crippen molar-refractivity contribution in [3.8, 4) is 33.5 Å². The Bertz CT molecular complexity index is 2890. The fraction of sp³-hybridized carbons (Fsp3) is 0.0962. The molecule has 0 bridgehead atoms. The summed E-state index contributed by atoms with van der Waals surface area (Å²) in [6.07, 6.45) is 5.14. The number of rotatable bonds is 6. The molecule has 0 saturated heterocycles. The highest BCUT2D eigenvalue weighted by Gasteiger charge is 2.38. The molecular weight excluding hydrogens is 681 g/mol. The molecule has 2 aliphatic heterocycles. The van der Waals surface area contributed by atoms with Crippen molar-refractivity contribution in [2.24, 2.45) is 0 Å². The van der Waals surface area contributed by atoms with Crippen LogP contribution in [0.2, 0.25) is 0 Å². The summed E-state index contributed by atoms with van der Waals surface area (Å²) in [7, 11) is 0. The van der Waals surface area contributed by atoms with E-state index in [1.165, 1.54) is 72.0 Å². The number of para-hydroxylation sites is 4. The normalized spacial score (nSPS) is 17.6. The summed E-state index contributed by atoms with van der Waals surface area (Å²) < 4.78 is 0. The molecule has 8 aromatic rings. The van der Waals surface area contributed by atoms with Gasteiger partial charge in [0.2, 0.25) is 0 Å². The summed E-state index contributed by atoms with van der Waals surface area (Å²) in [5, 5.41) is 7.36. The van der Waals surface area contributed by atoms with Gasteiger partial charge >= 0.3 is 0 Å². The number of hydrogen-bond acceptors (Lipinski definition) is 4. The number of pyridine rings is 1. The first kappa shape index (κ1) is 32.5. The molecule has 0 saturated carbocycles. The van der Waals surface area contributed by atoms with Crippen LogP contribution in [-0.2, 0) is 0 Å². The standard InChI is InChI=1S/C52H40N4/c1-2-55-49-20-12-10-18-47(49)54-52(55)38-27-25-35(26-28-38)34-21-23-36(24-22-34)39-29-30-46-43(31-39)42-33-50-44(32-45(42)51(53-46)37-13-5-3-6-14-37)41-17-9-11-19-48(41)56(50)40-15-7-4-8-16-40/h3-33,44,50,52,54H,2H2,1H3. The van der Waals surface area contributed by atoms with Crippen molar-refractivity contribution >= 4 is 45.8 Å². The molecule has 0 spiro atoms. The zero-order chi connectivity index (χ0) is 37.2. The van der Waals surface area contributed by atoms with E-state index in [1.807, 2.05) is 0 Å². The van der Waals surface area contributed by atoms with Crippen molar-refractivity contribution in [3.05, 3.63) is 197 Å². The fourth-order valence-electron chi connectivity index (χ4n) is 9.30. The highest BCUT2D eigenvalue weighted by molar-refractivity contribution is 5.91. The van der Waals surface area contributed by atoms with Crippen molar-refractivity contribution in [3.63, 3.8) is 0 Å². The van der Waals surface area contributed by atoms with Gasteiger partial charge in [-0.1, -0.05) is 146 Å². The number of aromatic nitrogens is 1. The van der Waals surface area contributed by atoms with Crippen LogP contribution in [0.4, 0.5) is 22.7 Å². The molecule has 11 rings (SSSR count). The second kappa shape index (κ2) is 13.1. The Labute approximate surface area is 327 Å². The Morgan fingerprint density at radius 1 is 0.554 bits per heavy atom. The van der Waals surface area contributed by atoms with Crippen LogP contribution in [0.25, 0.3) is 56.6 Å². The van der Waals surface area contributed by atoms with E-state index in [1.54, 1.807) is 0 Å². The van der Waals surface area contributed by atoms with Gasteiger partial charge in [0, 0.05) is 40.0 Å². The molecule has 7 aromatic carbocycles. The van der Waals surface area contributed by atoms with Gasteiger partial charge in [0.05, 0.1) is 28.6 Å². The van der Waals surface area contributed by atoms with E-state index in [-0.39, 0.29) is 18.1 Å². The minimum absolute atomic E-state index is 0.136. The van der Waals surface area contributed by atoms with Crippen LogP contribution in [0.15, 0.2) is 176 Å². The SMILES string of the molecule is CCN1c2ccccc2NC1c1ccc(-c2ccc(-c3ccc4nc(-c5ccccc5)c5c(c4c3)=CC3C(C=5)c4ccccc4N3c3ccccc3)cc2)cc1. The number of anilines is 4. The molecule has 1 aromatic heterocycles. The minimum atomic E-state index is 0.136. The lowest BCUT2D eigenvalue weighted by Gasteiger charge is -2.29. The van der Waals surface area contributed by atoms with Gasteiger partial charge in [-0.05, 0) is 88.0 Å². The quantitative estimate of drug-likeness (QED) is 0.185. The van der Waals surface area contributed by atoms with Crippen LogP contribution < -0.4 is 25.6 Å². The number of benzene rings is 7. The van der Waals surface area contributed by atoms with Crippen LogP contribution >= 0.6 is 0 Å². The van der Waals surface area contributed by atoms with Crippen LogP contribution in [-0.4, -0.2) is 17.6 Å². The second-order valence-electron chi connectivity index (χ2n) is 15.0. The summed E-state index contributed by atoms with van der Waals surface area (Å²) in [5.41, 5.74) is 15.5. The monoisotopic (exact) mass is 720 g/mol. The first-order valence-corrected chi connectivity index (χ1v) is 19.7. The molecule has 1 N–H and O–H groups in total. The van der Waals surface area contributed by atoms with E-state index < -0.39 is 0 Å². The van der Waals surface area contributed by atoms with Crippen molar-refractivity contribution in [1.29, 1.82) is 0 Å². The number of hydrogen-bond donors (Lipinski definition) is 1. The predicted molar refractivity (Wildman–Crippen MR) is 234 cm³/mol. The smallest absolute Gasteiger partial charge is 0.126 e. The second-order valence-corrected chi connectivity index (χ2v) is 15.0. The first-order valence-electron chi connectivity index (χ1n) is 19.7. The zero-order valence-corrected chi connectivity index (χ0v) is 31.2. The van der Waals surface area contributed by atoms with E-state index in [9.17, 15) is 0 Å². The minimum Gasteiger partial charge on any atom is -0.360 e. The van der Waals surface area contributed by atoms with Crippen LogP contribution in [0.3, 0.4) is 0 Å². The van der Waals surface area contributed by atoms with Crippen LogP contribution in [0, 0.1) is 0 Å². The molecule has 3 aliphatic rings. The largest absolute Gasteiger partial charge is 0.360 e. The van der Waals surface area contributed by atoms with Gasteiger partial charge in [-0.25, -0.2) is 4.98 Å².